The van der Waals surface area contributed by atoms with Crippen LogP contribution in [0.15, 0.2) is 12.1 Å². The van der Waals surface area contributed by atoms with Crippen LogP contribution < -0.4 is 11.1 Å². The summed E-state index contributed by atoms with van der Waals surface area (Å²) < 4.78 is 0. The fourth-order valence-corrected chi connectivity index (χ4v) is 2.97. The van der Waals surface area contributed by atoms with Crippen molar-refractivity contribution in [1.82, 2.24) is 5.32 Å². The molecule has 2 unspecified atom stereocenters. The Labute approximate surface area is 93.7 Å². The topological polar surface area (TPSA) is 55.1 Å². The van der Waals surface area contributed by atoms with Gasteiger partial charge in [0.1, 0.15) is 0 Å². The Morgan fingerprint density at radius 2 is 2.40 bits per heavy atom. The number of piperidine rings is 1. The molecule has 1 aromatic rings. The summed E-state index contributed by atoms with van der Waals surface area (Å²) in [5.41, 5.74) is 5.61. The predicted molar refractivity (Wildman–Crippen MR) is 62.5 cm³/mol. The van der Waals surface area contributed by atoms with E-state index in [4.69, 9.17) is 5.73 Å². The van der Waals surface area contributed by atoms with E-state index < -0.39 is 0 Å². The summed E-state index contributed by atoms with van der Waals surface area (Å²) in [6.07, 6.45) is 3.23. The molecule has 2 rings (SSSR count). The Morgan fingerprint density at radius 3 is 2.93 bits per heavy atom. The minimum Gasteiger partial charge on any atom is -0.329 e. The smallest absolute Gasteiger partial charge is 0.160 e. The first-order valence-corrected chi connectivity index (χ1v) is 6.13. The highest BCUT2D eigenvalue weighted by atomic mass is 32.1. The van der Waals surface area contributed by atoms with E-state index in [-0.39, 0.29) is 0 Å². The fourth-order valence-electron chi connectivity index (χ4n) is 2.01. The van der Waals surface area contributed by atoms with Crippen molar-refractivity contribution in [3.63, 3.8) is 0 Å². The molecule has 0 saturated carbocycles. The second kappa shape index (κ2) is 4.88. The van der Waals surface area contributed by atoms with Crippen molar-refractivity contribution in [2.24, 2.45) is 5.73 Å². The molecule has 0 aromatic carbocycles. The van der Waals surface area contributed by atoms with E-state index in [1.165, 1.54) is 11.3 Å². The summed E-state index contributed by atoms with van der Waals surface area (Å²) in [4.78, 5) is 12.7. The zero-order valence-corrected chi connectivity index (χ0v) is 9.43. The van der Waals surface area contributed by atoms with Crippen LogP contribution in [0.3, 0.4) is 0 Å². The summed E-state index contributed by atoms with van der Waals surface area (Å²) in [6.45, 7) is 1.71. The minimum absolute atomic E-state index is 0.478. The molecule has 1 aromatic heterocycles. The number of rotatable bonds is 3. The number of aldehydes is 1. The number of hydrogen-bond acceptors (Lipinski definition) is 4. The number of hydrogen-bond donors (Lipinski definition) is 2. The lowest BCUT2D eigenvalue weighted by Gasteiger charge is -2.28. The lowest BCUT2D eigenvalue weighted by molar-refractivity contribution is 0.112. The lowest BCUT2D eigenvalue weighted by Crippen LogP contribution is -2.42. The van der Waals surface area contributed by atoms with Crippen LogP contribution >= 0.6 is 11.3 Å². The normalized spacial score (nSPS) is 26.5. The zero-order valence-electron chi connectivity index (χ0n) is 8.61. The van der Waals surface area contributed by atoms with Crippen molar-refractivity contribution >= 4 is 17.6 Å². The molecule has 1 fully saturated rings. The van der Waals surface area contributed by atoms with E-state index in [1.807, 2.05) is 6.07 Å². The van der Waals surface area contributed by atoms with E-state index in [0.29, 0.717) is 12.0 Å². The first-order chi connectivity index (χ1) is 7.33. The third-order valence-electron chi connectivity index (χ3n) is 2.97. The van der Waals surface area contributed by atoms with Crippen LogP contribution in [-0.2, 0) is 0 Å². The highest BCUT2D eigenvalue weighted by molar-refractivity contribution is 7.13. The molecular weight excluding hydrogens is 208 g/mol. The van der Waals surface area contributed by atoms with Gasteiger partial charge in [-0.05, 0) is 25.0 Å². The Bertz CT molecular complexity index is 329. The average molecular weight is 224 g/mol. The summed E-state index contributed by atoms with van der Waals surface area (Å²) in [7, 11) is 0. The second-order valence-electron chi connectivity index (χ2n) is 3.97. The fraction of sp³-hybridized carbons (Fsp3) is 0.545. The van der Waals surface area contributed by atoms with Crippen molar-refractivity contribution in [3.05, 3.63) is 21.9 Å². The van der Waals surface area contributed by atoms with Gasteiger partial charge < -0.3 is 11.1 Å². The molecule has 82 valence electrons. The summed E-state index contributed by atoms with van der Waals surface area (Å²) in [6, 6.07) is 4.46. The molecule has 15 heavy (non-hydrogen) atoms. The van der Waals surface area contributed by atoms with E-state index in [1.54, 1.807) is 11.3 Å². The monoisotopic (exact) mass is 224 g/mol. The molecule has 1 aliphatic rings. The highest BCUT2D eigenvalue weighted by Gasteiger charge is 2.21. The van der Waals surface area contributed by atoms with Gasteiger partial charge in [-0.3, -0.25) is 4.79 Å². The van der Waals surface area contributed by atoms with Gasteiger partial charge in [0.15, 0.2) is 6.29 Å². The van der Waals surface area contributed by atoms with E-state index in [0.717, 1.165) is 30.7 Å². The third-order valence-corrected chi connectivity index (χ3v) is 4.14. The van der Waals surface area contributed by atoms with E-state index in [2.05, 4.69) is 11.4 Å². The summed E-state index contributed by atoms with van der Waals surface area (Å²) in [5.74, 6) is 0.562. The van der Waals surface area contributed by atoms with Crippen LogP contribution in [0.1, 0.15) is 33.3 Å². The van der Waals surface area contributed by atoms with Crippen LogP contribution in [0, 0.1) is 0 Å². The predicted octanol–water partition coefficient (Wildman–Crippen LogP) is 1.35. The first-order valence-electron chi connectivity index (χ1n) is 5.32. The molecule has 1 aliphatic heterocycles. The Hall–Kier alpha value is -0.710. The van der Waals surface area contributed by atoms with Crippen LogP contribution in [0.2, 0.25) is 0 Å². The van der Waals surface area contributed by atoms with Crippen molar-refractivity contribution in [3.8, 4) is 0 Å². The molecular formula is C11H16N2OS. The molecule has 0 spiro atoms. The molecule has 0 radical (unpaired) electrons. The highest BCUT2D eigenvalue weighted by Crippen LogP contribution is 2.30. The van der Waals surface area contributed by atoms with Gasteiger partial charge in [0.2, 0.25) is 0 Å². The molecule has 0 bridgehead atoms. The molecule has 2 atom stereocenters. The van der Waals surface area contributed by atoms with Gasteiger partial charge >= 0.3 is 0 Å². The van der Waals surface area contributed by atoms with E-state index >= 15 is 0 Å². The van der Waals surface area contributed by atoms with Crippen LogP contribution in [-0.4, -0.2) is 25.4 Å². The number of carbonyl (C=O) groups is 1. The largest absolute Gasteiger partial charge is 0.329 e. The lowest BCUT2D eigenvalue weighted by atomic mass is 9.93. The van der Waals surface area contributed by atoms with Gasteiger partial charge in [-0.2, -0.15) is 0 Å². The molecule has 3 N–H and O–H groups in total. The van der Waals surface area contributed by atoms with Gasteiger partial charge in [-0.15, -0.1) is 11.3 Å². The summed E-state index contributed by atoms with van der Waals surface area (Å²) >= 11 is 1.61. The van der Waals surface area contributed by atoms with Gasteiger partial charge in [0.05, 0.1) is 4.88 Å². The van der Waals surface area contributed by atoms with Crippen LogP contribution in [0.25, 0.3) is 0 Å². The third kappa shape index (κ3) is 2.45. The number of thiophene rings is 1. The minimum atomic E-state index is 0.478. The van der Waals surface area contributed by atoms with E-state index in [9.17, 15) is 4.79 Å². The summed E-state index contributed by atoms with van der Waals surface area (Å²) in [5, 5.41) is 3.44. The molecule has 4 heteroatoms. The van der Waals surface area contributed by atoms with Crippen molar-refractivity contribution in [2.75, 3.05) is 13.1 Å². The zero-order chi connectivity index (χ0) is 10.7. The number of nitrogens with one attached hydrogen (secondary N) is 1. The number of carbonyl (C=O) groups excluding carboxylic acids is 1. The maximum atomic E-state index is 10.6. The molecule has 1 saturated heterocycles. The quantitative estimate of drug-likeness (QED) is 0.762. The van der Waals surface area contributed by atoms with Gasteiger partial charge in [0.25, 0.3) is 0 Å². The van der Waals surface area contributed by atoms with Gasteiger partial charge in [0, 0.05) is 29.9 Å². The Balaban J connectivity index is 1.97. The standard InChI is InChI=1S/C11H16N2OS/c12-5-9-2-1-8(6-13-9)11-4-3-10(7-14)15-11/h3-4,7-9,13H,1-2,5-6,12H2. The maximum absolute atomic E-state index is 10.6. The van der Waals surface area contributed by atoms with Crippen molar-refractivity contribution < 1.29 is 4.79 Å². The molecule has 2 heterocycles. The van der Waals surface area contributed by atoms with Gasteiger partial charge in [-0.1, -0.05) is 0 Å². The molecule has 0 amide bonds. The number of nitrogens with two attached hydrogens (primary N) is 1. The van der Waals surface area contributed by atoms with Crippen molar-refractivity contribution in [1.29, 1.82) is 0 Å². The first kappa shape index (κ1) is 10.8. The average Bonchev–Trinajstić information content (AvgIpc) is 2.78. The Morgan fingerprint density at radius 1 is 1.53 bits per heavy atom. The molecule has 3 nitrogen and oxygen atoms in total. The second-order valence-corrected chi connectivity index (χ2v) is 5.12. The molecule has 0 aliphatic carbocycles. The van der Waals surface area contributed by atoms with Crippen LogP contribution in [0.5, 0.6) is 0 Å². The van der Waals surface area contributed by atoms with Crippen molar-refractivity contribution in [2.45, 2.75) is 24.8 Å². The van der Waals surface area contributed by atoms with Crippen LogP contribution in [0.4, 0.5) is 0 Å². The Kier molecular flexibility index (Phi) is 3.51. The van der Waals surface area contributed by atoms with Gasteiger partial charge in [-0.25, -0.2) is 0 Å². The maximum Gasteiger partial charge on any atom is 0.160 e. The SMILES string of the molecule is NCC1CCC(c2ccc(C=O)s2)CN1.